The van der Waals surface area contributed by atoms with Crippen LogP contribution in [0.25, 0.3) is 32.1 Å². The highest BCUT2D eigenvalue weighted by atomic mass is 35.5. The summed E-state index contributed by atoms with van der Waals surface area (Å²) in [4.78, 5) is 26.2. The first-order valence-electron chi connectivity index (χ1n) is 15.8. The van der Waals surface area contributed by atoms with Crippen molar-refractivity contribution in [1.29, 1.82) is 5.26 Å². The zero-order chi connectivity index (χ0) is 34.9. The number of fused-ring (bicyclic) bond motifs is 3. The molecule has 3 fully saturated rings. The van der Waals surface area contributed by atoms with Crippen LogP contribution in [0.5, 0.6) is 6.01 Å². The Hall–Kier alpha value is -4.00. The van der Waals surface area contributed by atoms with Crippen molar-refractivity contribution in [2.45, 2.75) is 62.8 Å². The van der Waals surface area contributed by atoms with Gasteiger partial charge in [-0.15, -0.1) is 11.3 Å². The number of nitrogen functional groups attached to an aromatic ring is 1. The molecule has 0 unspecified atom stereocenters. The number of anilines is 2. The van der Waals surface area contributed by atoms with Crippen molar-refractivity contribution in [3.63, 3.8) is 0 Å². The number of hydrogen-bond donors (Lipinski definition) is 1. The van der Waals surface area contributed by atoms with E-state index in [1.807, 2.05) is 6.07 Å². The molecule has 4 atom stereocenters. The molecule has 0 saturated carbocycles. The predicted molar refractivity (Wildman–Crippen MR) is 177 cm³/mol. The molecule has 9 nitrogen and oxygen atoms in total. The van der Waals surface area contributed by atoms with Gasteiger partial charge >= 0.3 is 12.4 Å². The number of thiophene rings is 1. The van der Waals surface area contributed by atoms with Gasteiger partial charge in [0.2, 0.25) is 0 Å². The first-order valence-corrected chi connectivity index (χ1v) is 17.0. The molecule has 0 spiro atoms. The zero-order valence-electron chi connectivity index (χ0n) is 26.5. The third-order valence-electron chi connectivity index (χ3n) is 10.3. The molecule has 3 aliphatic rings. The van der Waals surface area contributed by atoms with Crippen LogP contribution in [-0.2, 0) is 4.79 Å². The number of likely N-dealkylation sites (N-methyl/N-ethyl adjacent to an activating group) is 1. The lowest BCUT2D eigenvalue weighted by molar-refractivity contribution is -0.143. The molecule has 2 aromatic heterocycles. The van der Waals surface area contributed by atoms with Crippen LogP contribution in [0.2, 0.25) is 5.02 Å². The molecule has 0 aliphatic carbocycles. The van der Waals surface area contributed by atoms with Crippen LogP contribution in [-0.4, -0.2) is 89.2 Å². The lowest BCUT2D eigenvalue weighted by Crippen LogP contribution is -2.46. The molecule has 49 heavy (non-hydrogen) atoms. The summed E-state index contributed by atoms with van der Waals surface area (Å²) in [5, 5.41) is 10.1. The fourth-order valence-corrected chi connectivity index (χ4v) is 9.17. The summed E-state index contributed by atoms with van der Waals surface area (Å²) < 4.78 is 79.3. The third kappa shape index (κ3) is 5.39. The topological polar surface area (TPSA) is 112 Å². The second-order valence-corrected chi connectivity index (χ2v) is 14.4. The summed E-state index contributed by atoms with van der Waals surface area (Å²) in [6.45, 7) is 2.81. The molecule has 258 valence electrons. The number of amides is 1. The number of ether oxygens (including phenoxy) is 1. The van der Waals surface area contributed by atoms with Gasteiger partial charge in [-0.3, -0.25) is 9.69 Å². The Morgan fingerprint density at radius 1 is 1.31 bits per heavy atom. The van der Waals surface area contributed by atoms with Crippen LogP contribution in [0.3, 0.4) is 0 Å². The van der Waals surface area contributed by atoms with Crippen molar-refractivity contribution in [2.75, 3.05) is 43.9 Å². The second kappa shape index (κ2) is 12.4. The van der Waals surface area contributed by atoms with E-state index in [-0.39, 0.29) is 79.1 Å². The summed E-state index contributed by atoms with van der Waals surface area (Å²) in [6, 6.07) is 4.55. The maximum atomic E-state index is 17.0. The van der Waals surface area contributed by atoms with E-state index in [0.29, 0.717) is 19.4 Å². The van der Waals surface area contributed by atoms with Gasteiger partial charge in [0.25, 0.3) is 5.91 Å². The Morgan fingerprint density at radius 2 is 2.08 bits per heavy atom. The number of halogens is 6. The van der Waals surface area contributed by atoms with E-state index in [2.05, 4.69) is 14.9 Å². The molecule has 16 heteroatoms. The minimum Gasteiger partial charge on any atom is -0.461 e. The van der Waals surface area contributed by atoms with Crippen LogP contribution < -0.4 is 15.4 Å². The molecule has 0 bridgehead atoms. The van der Waals surface area contributed by atoms with Crippen LogP contribution in [0.15, 0.2) is 18.2 Å². The fourth-order valence-electron chi connectivity index (χ4n) is 7.93. The number of carbonyl (C=O) groups excluding carboxylic acids is 1. The van der Waals surface area contributed by atoms with Crippen molar-refractivity contribution >= 4 is 60.7 Å². The molecular formula is C33H31ClF5N7O2S. The van der Waals surface area contributed by atoms with E-state index in [9.17, 15) is 27.6 Å². The van der Waals surface area contributed by atoms with E-state index in [1.54, 1.807) is 18.9 Å². The Morgan fingerprint density at radius 3 is 2.82 bits per heavy atom. The summed E-state index contributed by atoms with van der Waals surface area (Å²) >= 11 is 7.65. The van der Waals surface area contributed by atoms with Gasteiger partial charge in [-0.25, -0.2) is 13.2 Å². The van der Waals surface area contributed by atoms with Gasteiger partial charge in [0, 0.05) is 48.9 Å². The van der Waals surface area contributed by atoms with Gasteiger partial charge in [-0.05, 0) is 50.4 Å². The maximum Gasteiger partial charge on any atom is 0.319 e. The van der Waals surface area contributed by atoms with Crippen molar-refractivity contribution in [2.24, 2.45) is 0 Å². The number of aromatic nitrogens is 2. The average Bonchev–Trinajstić information content (AvgIpc) is 3.80. The lowest BCUT2D eigenvalue weighted by Gasteiger charge is -2.33. The molecule has 3 aliphatic heterocycles. The molecule has 5 heterocycles. The number of nitriles is 1. The largest absolute Gasteiger partial charge is 0.461 e. The molecular weight excluding hydrogens is 689 g/mol. The van der Waals surface area contributed by atoms with E-state index < -0.39 is 47.8 Å². The number of likely N-dealkylation sites (tertiary alicyclic amines) is 1. The smallest absolute Gasteiger partial charge is 0.319 e. The van der Waals surface area contributed by atoms with Gasteiger partial charge in [-0.2, -0.15) is 24.0 Å². The summed E-state index contributed by atoms with van der Waals surface area (Å²) in [6.07, 6.45) is -1.99. The van der Waals surface area contributed by atoms with Crippen molar-refractivity contribution in [3.05, 3.63) is 40.4 Å². The maximum absolute atomic E-state index is 17.0. The fraction of sp³-hybridized carbons (Fsp3) is 0.455. The Balaban J connectivity index is 1.37. The van der Waals surface area contributed by atoms with E-state index >= 15 is 4.39 Å². The Labute approximate surface area is 287 Å². The van der Waals surface area contributed by atoms with Gasteiger partial charge in [0.15, 0.2) is 5.82 Å². The molecule has 2 N–H and O–H groups in total. The monoisotopic (exact) mass is 719 g/mol. The average molecular weight is 720 g/mol. The molecule has 2 aromatic carbocycles. The highest BCUT2D eigenvalue weighted by Crippen LogP contribution is 2.46. The second-order valence-electron chi connectivity index (χ2n) is 12.9. The first kappa shape index (κ1) is 33.5. The number of benzene rings is 2. The van der Waals surface area contributed by atoms with E-state index in [0.717, 1.165) is 35.3 Å². The highest BCUT2D eigenvalue weighted by molar-refractivity contribution is 7.23. The van der Waals surface area contributed by atoms with Crippen LogP contribution in [0.4, 0.5) is 32.8 Å². The van der Waals surface area contributed by atoms with E-state index in [4.69, 9.17) is 22.1 Å². The standard InChI is InChI=1S/C33H31ClF5N7O2S/c1-15-22(6-9-46(15)31(47)28(38)39)44(2)30-18-10-20(34)24(17-4-5-21(36)27-23(17)19(12-40)29(41)49-27)25(37)26(18)42-32(43-30)48-14-33-7-3-8-45(33)13-16(35)11-33/h4-5,10,15-16,22,28H,3,6-9,11,13-14,41H2,1-2H3/t15-,16-,22-,33+/m1/s1. The highest BCUT2D eigenvalue weighted by Gasteiger charge is 2.49. The van der Waals surface area contributed by atoms with Crippen molar-refractivity contribution < 1.29 is 31.5 Å². The van der Waals surface area contributed by atoms with Crippen molar-refractivity contribution in [1.82, 2.24) is 19.8 Å². The summed E-state index contributed by atoms with van der Waals surface area (Å²) in [5.74, 6) is -2.64. The Bertz CT molecular complexity index is 2040. The quantitative estimate of drug-likeness (QED) is 0.215. The van der Waals surface area contributed by atoms with Crippen LogP contribution in [0.1, 0.15) is 38.2 Å². The molecule has 3 saturated heterocycles. The van der Waals surface area contributed by atoms with Gasteiger partial charge in [0.1, 0.15) is 41.0 Å². The van der Waals surface area contributed by atoms with Crippen molar-refractivity contribution in [3.8, 4) is 23.2 Å². The number of carbonyl (C=O) groups is 1. The lowest BCUT2D eigenvalue weighted by atomic mass is 9.95. The number of hydrogen-bond acceptors (Lipinski definition) is 9. The molecule has 7 rings (SSSR count). The van der Waals surface area contributed by atoms with Crippen LogP contribution in [0, 0.1) is 23.0 Å². The molecule has 1 amide bonds. The van der Waals surface area contributed by atoms with Gasteiger partial charge in [0.05, 0.1) is 26.9 Å². The molecule has 4 aromatic rings. The summed E-state index contributed by atoms with van der Waals surface area (Å²) in [5.41, 5.74) is 5.24. The van der Waals surface area contributed by atoms with Gasteiger partial charge in [-0.1, -0.05) is 17.7 Å². The third-order valence-corrected chi connectivity index (χ3v) is 11.6. The number of nitrogens with zero attached hydrogens (tertiary/aromatic N) is 6. The SMILES string of the molecule is C[C@@H]1[C@H](N(C)c2nc(OC[C@@]34CCCN3C[C@H](F)C4)nc3c(F)c(-c4ccc(F)c5sc(N)c(C#N)c45)c(Cl)cc23)CCN1C(=O)C(F)F. The van der Waals surface area contributed by atoms with Gasteiger partial charge < -0.3 is 20.3 Å². The number of nitrogens with two attached hydrogens (primary N) is 1. The normalized spacial score (nSPS) is 23.9. The minimum absolute atomic E-state index is 0.0154. The van der Waals surface area contributed by atoms with E-state index in [1.165, 1.54) is 12.1 Å². The minimum atomic E-state index is -3.16. The van der Waals surface area contributed by atoms with Crippen LogP contribution >= 0.6 is 22.9 Å². The first-order chi connectivity index (χ1) is 23.3. The predicted octanol–water partition coefficient (Wildman–Crippen LogP) is 6.54. The Kier molecular flexibility index (Phi) is 8.48. The zero-order valence-corrected chi connectivity index (χ0v) is 28.0. The molecule has 0 radical (unpaired) electrons. The number of alkyl halides is 3. The summed E-state index contributed by atoms with van der Waals surface area (Å²) in [7, 11) is 1.65. The number of rotatable bonds is 7.